The van der Waals surface area contributed by atoms with E-state index in [0.29, 0.717) is 21.4 Å². The highest BCUT2D eigenvalue weighted by Crippen LogP contribution is 2.26. The minimum atomic E-state index is -0.321. The molecule has 3 aromatic rings. The van der Waals surface area contributed by atoms with Crippen LogP contribution in [0.1, 0.15) is 16.6 Å². The van der Waals surface area contributed by atoms with Gasteiger partial charge in [0.25, 0.3) is 5.91 Å². The average molecular weight is 493 g/mol. The van der Waals surface area contributed by atoms with Gasteiger partial charge in [-0.3, -0.25) is 14.4 Å². The summed E-state index contributed by atoms with van der Waals surface area (Å²) < 4.78 is 0.860. The lowest BCUT2D eigenvalue weighted by Gasteiger charge is -2.15. The summed E-state index contributed by atoms with van der Waals surface area (Å²) in [7, 11) is 1.58. The molecular weight excluding hydrogens is 476 g/mol. The molecule has 2 heterocycles. The van der Waals surface area contributed by atoms with Crippen LogP contribution in [0.4, 0.5) is 10.8 Å². The number of benzene rings is 1. The van der Waals surface area contributed by atoms with Crippen molar-refractivity contribution in [3.8, 4) is 11.3 Å². The first-order valence-electron chi connectivity index (χ1n) is 8.46. The van der Waals surface area contributed by atoms with Crippen molar-refractivity contribution in [2.45, 2.75) is 6.92 Å². The normalized spacial score (nSPS) is 10.4. The van der Waals surface area contributed by atoms with E-state index < -0.39 is 0 Å². The van der Waals surface area contributed by atoms with E-state index >= 15 is 0 Å². The zero-order valence-corrected chi connectivity index (χ0v) is 18.8. The van der Waals surface area contributed by atoms with Crippen LogP contribution in [0.15, 0.2) is 45.6 Å². The molecule has 0 radical (unpaired) electrons. The lowest BCUT2D eigenvalue weighted by molar-refractivity contribution is -0.116. The summed E-state index contributed by atoms with van der Waals surface area (Å²) in [5.41, 5.74) is 2.29. The lowest BCUT2D eigenvalue weighted by Crippen LogP contribution is -2.34. The molecule has 0 bridgehead atoms. The highest BCUT2D eigenvalue weighted by molar-refractivity contribution is 9.11. The molecule has 0 spiro atoms. The van der Waals surface area contributed by atoms with Gasteiger partial charge in [0.1, 0.15) is 0 Å². The molecule has 0 aliphatic carbocycles. The molecule has 3 rings (SSSR count). The molecule has 0 fully saturated rings. The predicted octanol–water partition coefficient (Wildman–Crippen LogP) is 4.30. The van der Waals surface area contributed by atoms with Gasteiger partial charge in [-0.25, -0.2) is 4.98 Å². The maximum atomic E-state index is 12.3. The second-order valence-corrected chi connectivity index (χ2v) is 9.43. The second kappa shape index (κ2) is 9.29. The molecule has 29 heavy (non-hydrogen) atoms. The van der Waals surface area contributed by atoms with E-state index in [1.807, 2.05) is 17.5 Å². The monoisotopic (exact) mass is 492 g/mol. The summed E-state index contributed by atoms with van der Waals surface area (Å²) in [6.07, 6.45) is 0. The summed E-state index contributed by atoms with van der Waals surface area (Å²) in [6.45, 7) is 1.38. The molecule has 2 N–H and O–H groups in total. The first-order valence-corrected chi connectivity index (χ1v) is 10.9. The predicted molar refractivity (Wildman–Crippen MR) is 119 cm³/mol. The van der Waals surface area contributed by atoms with Crippen molar-refractivity contribution in [2.75, 3.05) is 24.2 Å². The van der Waals surface area contributed by atoms with Crippen molar-refractivity contribution < 1.29 is 14.4 Å². The Bertz CT molecular complexity index is 1050. The van der Waals surface area contributed by atoms with Crippen LogP contribution in [0, 0.1) is 0 Å². The topological polar surface area (TPSA) is 91.4 Å². The highest BCUT2D eigenvalue weighted by Gasteiger charge is 2.17. The first kappa shape index (κ1) is 21.2. The standard InChI is InChI=1S/C19H17BrN4O3S2/c1-11(25)21-13-5-3-12(4-6-13)14-10-28-19(22-14)23-17(26)9-24(2)18(27)15-7-8-16(20)29-15/h3-8,10H,9H2,1-2H3,(H,21,25)(H,22,23,26). The van der Waals surface area contributed by atoms with Crippen LogP contribution in [-0.4, -0.2) is 41.2 Å². The number of nitrogens with one attached hydrogen (secondary N) is 2. The van der Waals surface area contributed by atoms with E-state index in [9.17, 15) is 14.4 Å². The molecule has 0 aliphatic heterocycles. The summed E-state index contributed by atoms with van der Waals surface area (Å²) >= 11 is 5.95. The van der Waals surface area contributed by atoms with Gasteiger partial charge in [-0.05, 0) is 40.2 Å². The van der Waals surface area contributed by atoms with Gasteiger partial charge >= 0.3 is 0 Å². The van der Waals surface area contributed by atoms with Crippen molar-refractivity contribution in [3.63, 3.8) is 0 Å². The highest BCUT2D eigenvalue weighted by atomic mass is 79.9. The van der Waals surface area contributed by atoms with Crippen LogP contribution in [0.2, 0.25) is 0 Å². The Labute approximate surface area is 183 Å². The van der Waals surface area contributed by atoms with E-state index in [1.54, 1.807) is 31.3 Å². The molecule has 7 nitrogen and oxygen atoms in total. The lowest BCUT2D eigenvalue weighted by atomic mass is 10.1. The molecule has 0 aliphatic rings. The maximum Gasteiger partial charge on any atom is 0.264 e. The minimum Gasteiger partial charge on any atom is -0.332 e. The van der Waals surface area contributed by atoms with Crippen molar-refractivity contribution in [3.05, 3.63) is 50.4 Å². The Morgan fingerprint density at radius 1 is 1.10 bits per heavy atom. The Hall–Kier alpha value is -2.56. The average Bonchev–Trinajstić information content (AvgIpc) is 3.30. The maximum absolute atomic E-state index is 12.3. The Morgan fingerprint density at radius 3 is 2.45 bits per heavy atom. The van der Waals surface area contributed by atoms with Gasteiger partial charge in [0.2, 0.25) is 11.8 Å². The number of nitrogens with zero attached hydrogens (tertiary/aromatic N) is 2. The zero-order valence-electron chi connectivity index (χ0n) is 15.6. The number of rotatable bonds is 6. The number of hydrogen-bond acceptors (Lipinski definition) is 6. The molecule has 0 saturated heterocycles. The number of hydrogen-bond donors (Lipinski definition) is 2. The van der Waals surface area contributed by atoms with Crippen LogP contribution >= 0.6 is 38.6 Å². The smallest absolute Gasteiger partial charge is 0.264 e. The number of anilines is 2. The number of thiophene rings is 1. The number of amides is 3. The summed E-state index contributed by atoms with van der Waals surface area (Å²) in [6, 6.07) is 10.8. The van der Waals surface area contributed by atoms with Crippen molar-refractivity contribution in [1.82, 2.24) is 9.88 Å². The number of carbonyl (C=O) groups excluding carboxylic acids is 3. The Kier molecular flexibility index (Phi) is 6.78. The fourth-order valence-electron chi connectivity index (χ4n) is 2.45. The molecule has 3 amide bonds. The van der Waals surface area contributed by atoms with Crippen LogP contribution in [0.5, 0.6) is 0 Å². The van der Waals surface area contributed by atoms with Gasteiger partial charge in [0.15, 0.2) is 5.13 Å². The van der Waals surface area contributed by atoms with Crippen LogP contribution < -0.4 is 10.6 Å². The number of halogens is 1. The first-order chi connectivity index (χ1) is 13.8. The van der Waals surface area contributed by atoms with Gasteiger partial charge in [0.05, 0.1) is 20.9 Å². The number of carbonyl (C=O) groups is 3. The molecule has 150 valence electrons. The van der Waals surface area contributed by atoms with Crippen LogP contribution in [-0.2, 0) is 9.59 Å². The summed E-state index contributed by atoms with van der Waals surface area (Å²) in [4.78, 5) is 42.0. The molecule has 0 unspecified atom stereocenters. The number of aromatic nitrogens is 1. The number of thiazole rings is 1. The molecule has 2 aromatic heterocycles. The van der Waals surface area contributed by atoms with Crippen molar-refractivity contribution in [1.29, 1.82) is 0 Å². The summed E-state index contributed by atoms with van der Waals surface area (Å²) in [5, 5.41) is 7.72. The van der Waals surface area contributed by atoms with E-state index in [4.69, 9.17) is 0 Å². The van der Waals surface area contributed by atoms with Crippen LogP contribution in [0.3, 0.4) is 0 Å². The second-order valence-electron chi connectivity index (χ2n) is 6.11. The number of likely N-dealkylation sites (N-methyl/N-ethyl adjacent to an activating group) is 1. The molecule has 10 heteroatoms. The van der Waals surface area contributed by atoms with Crippen molar-refractivity contribution in [2.24, 2.45) is 0 Å². The molecule has 0 atom stereocenters. The van der Waals surface area contributed by atoms with Crippen molar-refractivity contribution >= 4 is 67.1 Å². The van der Waals surface area contributed by atoms with Gasteiger partial charge < -0.3 is 15.5 Å². The largest absolute Gasteiger partial charge is 0.332 e. The van der Waals surface area contributed by atoms with E-state index in [-0.39, 0.29) is 24.3 Å². The SMILES string of the molecule is CC(=O)Nc1ccc(-c2csc(NC(=O)CN(C)C(=O)c3ccc(Br)s3)n2)cc1. The fraction of sp³-hybridized carbons (Fsp3) is 0.158. The Morgan fingerprint density at radius 2 is 1.83 bits per heavy atom. The van der Waals surface area contributed by atoms with Gasteiger partial charge in [0, 0.05) is 30.6 Å². The third kappa shape index (κ3) is 5.72. The Balaban J connectivity index is 1.58. The molecular formula is C19H17BrN4O3S2. The van der Waals surface area contributed by atoms with Gasteiger partial charge in [-0.1, -0.05) is 12.1 Å². The third-order valence-corrected chi connectivity index (χ3v) is 6.13. The zero-order chi connectivity index (χ0) is 21.0. The van der Waals surface area contributed by atoms with E-state index in [0.717, 1.165) is 9.35 Å². The van der Waals surface area contributed by atoms with E-state index in [2.05, 4.69) is 31.5 Å². The van der Waals surface area contributed by atoms with Crippen LogP contribution in [0.25, 0.3) is 11.3 Å². The van der Waals surface area contributed by atoms with Gasteiger partial charge in [-0.15, -0.1) is 22.7 Å². The fourth-order valence-corrected chi connectivity index (χ4v) is 4.57. The minimum absolute atomic E-state index is 0.0747. The molecule has 1 aromatic carbocycles. The third-order valence-electron chi connectivity index (χ3n) is 3.76. The molecule has 0 saturated carbocycles. The van der Waals surface area contributed by atoms with Gasteiger partial charge in [-0.2, -0.15) is 0 Å². The van der Waals surface area contributed by atoms with E-state index in [1.165, 1.54) is 34.5 Å². The summed E-state index contributed by atoms with van der Waals surface area (Å²) in [5.74, 6) is -0.667. The quantitative estimate of drug-likeness (QED) is 0.536.